The fourth-order valence-corrected chi connectivity index (χ4v) is 1.53. The van der Waals surface area contributed by atoms with E-state index in [0.29, 0.717) is 5.75 Å². The maximum atomic E-state index is 9.24. The number of hydrogen-bond donors (Lipinski definition) is 1. The van der Waals surface area contributed by atoms with Crippen LogP contribution in [0.3, 0.4) is 0 Å². The SMILES string of the molecule is COc1c(O)ccc(Br)c1Br. The van der Waals surface area contributed by atoms with Crippen molar-refractivity contribution in [2.75, 3.05) is 7.11 Å². The van der Waals surface area contributed by atoms with Crippen LogP contribution in [0.4, 0.5) is 0 Å². The molecule has 0 amide bonds. The van der Waals surface area contributed by atoms with Gasteiger partial charge in [0.1, 0.15) is 0 Å². The van der Waals surface area contributed by atoms with Crippen molar-refractivity contribution in [1.82, 2.24) is 0 Å². The van der Waals surface area contributed by atoms with Gasteiger partial charge in [0.2, 0.25) is 0 Å². The predicted molar refractivity (Wildman–Crippen MR) is 50.1 cm³/mol. The van der Waals surface area contributed by atoms with Crippen molar-refractivity contribution in [2.45, 2.75) is 0 Å². The lowest BCUT2D eigenvalue weighted by Gasteiger charge is -2.05. The van der Waals surface area contributed by atoms with E-state index in [-0.39, 0.29) is 5.75 Å². The van der Waals surface area contributed by atoms with Crippen LogP contribution >= 0.6 is 31.9 Å². The second kappa shape index (κ2) is 3.45. The Morgan fingerprint density at radius 3 is 2.45 bits per heavy atom. The maximum absolute atomic E-state index is 9.24. The van der Waals surface area contributed by atoms with Crippen LogP contribution in [0.15, 0.2) is 21.1 Å². The van der Waals surface area contributed by atoms with Crippen molar-refractivity contribution in [3.8, 4) is 11.5 Å². The molecule has 4 heteroatoms. The Balaban J connectivity index is 3.29. The van der Waals surface area contributed by atoms with Crippen LogP contribution in [-0.4, -0.2) is 12.2 Å². The van der Waals surface area contributed by atoms with Crippen LogP contribution in [0.25, 0.3) is 0 Å². The van der Waals surface area contributed by atoms with Gasteiger partial charge < -0.3 is 9.84 Å². The normalized spacial score (nSPS) is 9.73. The van der Waals surface area contributed by atoms with Gasteiger partial charge in [-0.05, 0) is 44.0 Å². The molecule has 0 atom stereocenters. The summed E-state index contributed by atoms with van der Waals surface area (Å²) < 4.78 is 6.51. The molecule has 1 aromatic carbocycles. The molecule has 0 aliphatic carbocycles. The summed E-state index contributed by atoms with van der Waals surface area (Å²) in [7, 11) is 1.51. The second-order valence-corrected chi connectivity index (χ2v) is 3.56. The Hall–Kier alpha value is -0.220. The molecule has 2 nitrogen and oxygen atoms in total. The van der Waals surface area contributed by atoms with Crippen molar-refractivity contribution >= 4 is 31.9 Å². The number of phenolic OH excluding ortho intramolecular Hbond substituents is 1. The molecule has 0 saturated heterocycles. The van der Waals surface area contributed by atoms with E-state index in [0.717, 1.165) is 8.95 Å². The Bertz CT molecular complexity index is 273. The topological polar surface area (TPSA) is 29.5 Å². The van der Waals surface area contributed by atoms with E-state index in [1.165, 1.54) is 7.11 Å². The van der Waals surface area contributed by atoms with Gasteiger partial charge in [-0.1, -0.05) is 0 Å². The summed E-state index contributed by atoms with van der Waals surface area (Å²) in [5, 5.41) is 9.24. The van der Waals surface area contributed by atoms with Gasteiger partial charge in [0, 0.05) is 4.47 Å². The number of rotatable bonds is 1. The Labute approximate surface area is 81.4 Å². The van der Waals surface area contributed by atoms with Gasteiger partial charge in [-0.3, -0.25) is 0 Å². The van der Waals surface area contributed by atoms with Gasteiger partial charge in [0.15, 0.2) is 11.5 Å². The lowest BCUT2D eigenvalue weighted by atomic mass is 10.3. The first kappa shape index (κ1) is 8.87. The average molecular weight is 282 g/mol. The third kappa shape index (κ3) is 1.68. The molecule has 0 aliphatic rings. The minimum Gasteiger partial charge on any atom is -0.504 e. The van der Waals surface area contributed by atoms with Crippen LogP contribution in [0.1, 0.15) is 0 Å². The van der Waals surface area contributed by atoms with E-state index in [1.807, 2.05) is 0 Å². The van der Waals surface area contributed by atoms with Crippen LogP contribution < -0.4 is 4.74 Å². The minimum absolute atomic E-state index is 0.127. The maximum Gasteiger partial charge on any atom is 0.175 e. The van der Waals surface area contributed by atoms with E-state index in [2.05, 4.69) is 31.9 Å². The van der Waals surface area contributed by atoms with Crippen molar-refractivity contribution in [3.05, 3.63) is 21.1 Å². The number of ether oxygens (including phenoxy) is 1. The summed E-state index contributed by atoms with van der Waals surface area (Å²) in [6, 6.07) is 3.30. The Kier molecular flexibility index (Phi) is 2.78. The van der Waals surface area contributed by atoms with Crippen molar-refractivity contribution in [2.24, 2.45) is 0 Å². The molecule has 0 bridgehead atoms. The standard InChI is InChI=1S/C7H6Br2O2/c1-11-7-5(10)3-2-4(8)6(7)9/h2-3,10H,1H3. The van der Waals surface area contributed by atoms with Gasteiger partial charge in [-0.15, -0.1) is 0 Å². The molecule has 0 unspecified atom stereocenters. The van der Waals surface area contributed by atoms with Gasteiger partial charge >= 0.3 is 0 Å². The summed E-state index contributed by atoms with van der Waals surface area (Å²) in [6.45, 7) is 0. The van der Waals surface area contributed by atoms with Crippen LogP contribution in [0, 0.1) is 0 Å². The first-order valence-electron chi connectivity index (χ1n) is 2.87. The zero-order valence-corrected chi connectivity index (χ0v) is 8.94. The summed E-state index contributed by atoms with van der Waals surface area (Å²) in [5.74, 6) is 0.571. The smallest absolute Gasteiger partial charge is 0.175 e. The molecule has 1 aromatic rings. The zero-order valence-electron chi connectivity index (χ0n) is 5.77. The first-order chi connectivity index (χ1) is 5.16. The summed E-state index contributed by atoms with van der Waals surface area (Å²) in [5.41, 5.74) is 0. The molecule has 0 fully saturated rings. The van der Waals surface area contributed by atoms with Crippen LogP contribution in [0.5, 0.6) is 11.5 Å². The number of phenols is 1. The van der Waals surface area contributed by atoms with Gasteiger partial charge in [0.25, 0.3) is 0 Å². The molecule has 0 radical (unpaired) electrons. The highest BCUT2D eigenvalue weighted by atomic mass is 79.9. The highest BCUT2D eigenvalue weighted by Gasteiger charge is 2.08. The first-order valence-corrected chi connectivity index (χ1v) is 4.46. The minimum atomic E-state index is 0.127. The van der Waals surface area contributed by atoms with E-state index in [4.69, 9.17) is 4.74 Å². The molecule has 1 rings (SSSR count). The number of hydrogen-bond acceptors (Lipinski definition) is 2. The molecular formula is C7H6Br2O2. The molecule has 0 aliphatic heterocycles. The third-order valence-electron chi connectivity index (χ3n) is 1.23. The van der Waals surface area contributed by atoms with Crippen molar-refractivity contribution in [1.29, 1.82) is 0 Å². The zero-order chi connectivity index (χ0) is 8.43. The fraction of sp³-hybridized carbons (Fsp3) is 0.143. The number of benzene rings is 1. The molecule has 0 heterocycles. The fourth-order valence-electron chi connectivity index (χ4n) is 0.716. The highest BCUT2D eigenvalue weighted by molar-refractivity contribution is 9.13. The number of methoxy groups -OCH3 is 1. The predicted octanol–water partition coefficient (Wildman–Crippen LogP) is 2.93. The molecule has 0 aromatic heterocycles. The number of aromatic hydroxyl groups is 1. The van der Waals surface area contributed by atoms with E-state index in [9.17, 15) is 5.11 Å². The molecule has 11 heavy (non-hydrogen) atoms. The van der Waals surface area contributed by atoms with Crippen molar-refractivity contribution < 1.29 is 9.84 Å². The summed E-state index contributed by atoms with van der Waals surface area (Å²) in [4.78, 5) is 0. The number of halogens is 2. The van der Waals surface area contributed by atoms with Crippen LogP contribution in [-0.2, 0) is 0 Å². The lowest BCUT2D eigenvalue weighted by Crippen LogP contribution is -1.85. The van der Waals surface area contributed by atoms with E-state index < -0.39 is 0 Å². The molecular weight excluding hydrogens is 276 g/mol. The molecule has 0 saturated carbocycles. The van der Waals surface area contributed by atoms with Crippen molar-refractivity contribution in [3.63, 3.8) is 0 Å². The van der Waals surface area contributed by atoms with E-state index >= 15 is 0 Å². The van der Waals surface area contributed by atoms with E-state index in [1.54, 1.807) is 12.1 Å². The monoisotopic (exact) mass is 280 g/mol. The van der Waals surface area contributed by atoms with Gasteiger partial charge in [-0.25, -0.2) is 0 Å². The molecule has 1 N–H and O–H groups in total. The average Bonchev–Trinajstić information content (AvgIpc) is 1.99. The lowest BCUT2D eigenvalue weighted by molar-refractivity contribution is 0.371. The third-order valence-corrected chi connectivity index (χ3v) is 3.21. The summed E-state index contributed by atoms with van der Waals surface area (Å²) in [6.07, 6.45) is 0. The molecule has 60 valence electrons. The second-order valence-electron chi connectivity index (χ2n) is 1.91. The van der Waals surface area contributed by atoms with Gasteiger partial charge in [-0.2, -0.15) is 0 Å². The Morgan fingerprint density at radius 2 is 2.00 bits per heavy atom. The highest BCUT2D eigenvalue weighted by Crippen LogP contribution is 2.38. The Morgan fingerprint density at radius 1 is 1.36 bits per heavy atom. The van der Waals surface area contributed by atoms with Crippen LogP contribution in [0.2, 0.25) is 0 Å². The summed E-state index contributed by atoms with van der Waals surface area (Å²) >= 11 is 6.54. The van der Waals surface area contributed by atoms with Gasteiger partial charge in [0.05, 0.1) is 11.6 Å². The molecule has 0 spiro atoms. The quantitative estimate of drug-likeness (QED) is 0.858. The largest absolute Gasteiger partial charge is 0.504 e.